The molecule has 0 saturated carbocycles. The fourth-order valence-electron chi connectivity index (χ4n) is 1.89. The summed E-state index contributed by atoms with van der Waals surface area (Å²) in [6.45, 7) is 9.25. The summed E-state index contributed by atoms with van der Waals surface area (Å²) in [6, 6.07) is 0. The van der Waals surface area contributed by atoms with Crippen molar-refractivity contribution < 1.29 is 0 Å². The molecule has 4 nitrogen and oxygen atoms in total. The average molecular weight is 214 g/mol. The standard InChI is InChI=1S/C11H26N4/c1-13(2)6-7-15-10-8-14(9-11-15)5-3-4-12/h3-12H2,1-2H3. The molecule has 0 unspecified atom stereocenters. The average Bonchev–Trinajstić information content (AvgIpc) is 2.25. The Morgan fingerprint density at radius 1 is 1.00 bits per heavy atom. The molecule has 15 heavy (non-hydrogen) atoms. The van der Waals surface area contributed by atoms with Crippen LogP contribution in [0.25, 0.3) is 0 Å². The molecule has 0 aromatic heterocycles. The predicted molar refractivity (Wildman–Crippen MR) is 65.1 cm³/mol. The first-order valence-corrected chi connectivity index (χ1v) is 6.02. The molecule has 0 amide bonds. The van der Waals surface area contributed by atoms with E-state index in [1.807, 2.05) is 0 Å². The van der Waals surface area contributed by atoms with Crippen molar-refractivity contribution in [1.82, 2.24) is 14.7 Å². The van der Waals surface area contributed by atoms with Crippen molar-refractivity contribution in [3.63, 3.8) is 0 Å². The van der Waals surface area contributed by atoms with E-state index in [4.69, 9.17) is 5.73 Å². The Hall–Kier alpha value is -0.160. The highest BCUT2D eigenvalue weighted by Crippen LogP contribution is 2.01. The van der Waals surface area contributed by atoms with Gasteiger partial charge >= 0.3 is 0 Å². The minimum absolute atomic E-state index is 0.820. The van der Waals surface area contributed by atoms with E-state index in [0.29, 0.717) is 0 Å². The lowest BCUT2D eigenvalue weighted by Crippen LogP contribution is -2.48. The van der Waals surface area contributed by atoms with Crippen molar-refractivity contribution in [2.75, 3.05) is 66.5 Å². The molecule has 0 atom stereocenters. The number of likely N-dealkylation sites (N-methyl/N-ethyl adjacent to an activating group) is 1. The minimum Gasteiger partial charge on any atom is -0.330 e. The van der Waals surface area contributed by atoms with Crippen LogP contribution in [0.2, 0.25) is 0 Å². The van der Waals surface area contributed by atoms with Gasteiger partial charge in [0.1, 0.15) is 0 Å². The van der Waals surface area contributed by atoms with Gasteiger partial charge in [-0.1, -0.05) is 0 Å². The van der Waals surface area contributed by atoms with E-state index in [0.717, 1.165) is 13.0 Å². The topological polar surface area (TPSA) is 35.7 Å². The zero-order valence-corrected chi connectivity index (χ0v) is 10.3. The fourth-order valence-corrected chi connectivity index (χ4v) is 1.89. The van der Waals surface area contributed by atoms with Crippen molar-refractivity contribution >= 4 is 0 Å². The van der Waals surface area contributed by atoms with Gasteiger partial charge in [-0.2, -0.15) is 0 Å². The van der Waals surface area contributed by atoms with Crippen LogP contribution in [-0.2, 0) is 0 Å². The van der Waals surface area contributed by atoms with Crippen LogP contribution in [0.15, 0.2) is 0 Å². The van der Waals surface area contributed by atoms with Gasteiger partial charge < -0.3 is 15.5 Å². The second-order valence-corrected chi connectivity index (χ2v) is 4.63. The Morgan fingerprint density at radius 2 is 1.53 bits per heavy atom. The van der Waals surface area contributed by atoms with E-state index in [9.17, 15) is 0 Å². The molecule has 1 fully saturated rings. The van der Waals surface area contributed by atoms with Crippen LogP contribution in [0.3, 0.4) is 0 Å². The quantitative estimate of drug-likeness (QED) is 0.647. The van der Waals surface area contributed by atoms with Crippen LogP contribution in [0.4, 0.5) is 0 Å². The number of rotatable bonds is 6. The number of hydrogen-bond acceptors (Lipinski definition) is 4. The van der Waals surface area contributed by atoms with E-state index in [2.05, 4.69) is 28.8 Å². The first-order chi connectivity index (χ1) is 7.22. The third-order valence-electron chi connectivity index (χ3n) is 3.01. The highest BCUT2D eigenvalue weighted by Gasteiger charge is 2.15. The highest BCUT2D eigenvalue weighted by molar-refractivity contribution is 4.72. The molecule has 0 aromatic rings. The molecule has 1 aliphatic rings. The van der Waals surface area contributed by atoms with Gasteiger partial charge in [0, 0.05) is 39.3 Å². The SMILES string of the molecule is CN(C)CCN1CCN(CCCN)CC1. The Morgan fingerprint density at radius 3 is 2.00 bits per heavy atom. The molecular weight excluding hydrogens is 188 g/mol. The van der Waals surface area contributed by atoms with Crippen LogP contribution in [0.5, 0.6) is 0 Å². The molecule has 0 spiro atoms. The number of nitrogens with two attached hydrogens (primary N) is 1. The maximum absolute atomic E-state index is 5.51. The number of piperazine rings is 1. The third-order valence-corrected chi connectivity index (χ3v) is 3.01. The lowest BCUT2D eigenvalue weighted by molar-refractivity contribution is 0.125. The summed E-state index contributed by atoms with van der Waals surface area (Å²) in [5.74, 6) is 0. The first kappa shape index (κ1) is 12.9. The smallest absolute Gasteiger partial charge is 0.0110 e. The first-order valence-electron chi connectivity index (χ1n) is 6.02. The molecule has 0 aliphatic carbocycles. The summed E-state index contributed by atoms with van der Waals surface area (Å²) in [5.41, 5.74) is 5.51. The molecule has 0 aromatic carbocycles. The van der Waals surface area contributed by atoms with Gasteiger partial charge in [0.25, 0.3) is 0 Å². The Bertz CT molecular complexity index is 153. The van der Waals surface area contributed by atoms with E-state index in [1.165, 1.54) is 45.8 Å². The maximum atomic E-state index is 5.51. The maximum Gasteiger partial charge on any atom is 0.0110 e. The van der Waals surface area contributed by atoms with Crippen molar-refractivity contribution in [1.29, 1.82) is 0 Å². The largest absolute Gasteiger partial charge is 0.330 e. The van der Waals surface area contributed by atoms with Gasteiger partial charge in [-0.05, 0) is 33.6 Å². The van der Waals surface area contributed by atoms with Crippen LogP contribution in [-0.4, -0.2) is 81.2 Å². The van der Waals surface area contributed by atoms with Crippen molar-refractivity contribution in [3.05, 3.63) is 0 Å². The molecule has 0 radical (unpaired) electrons. The minimum atomic E-state index is 0.820. The third kappa shape index (κ3) is 5.47. The normalized spacial score (nSPS) is 20.0. The molecule has 1 saturated heterocycles. The van der Waals surface area contributed by atoms with Crippen molar-refractivity contribution in [2.24, 2.45) is 5.73 Å². The van der Waals surface area contributed by atoms with Gasteiger partial charge in [-0.25, -0.2) is 0 Å². The molecule has 2 N–H and O–H groups in total. The fraction of sp³-hybridized carbons (Fsp3) is 1.00. The van der Waals surface area contributed by atoms with Crippen LogP contribution in [0.1, 0.15) is 6.42 Å². The molecule has 1 heterocycles. The second-order valence-electron chi connectivity index (χ2n) is 4.63. The molecule has 1 rings (SSSR count). The molecule has 0 bridgehead atoms. The van der Waals surface area contributed by atoms with Crippen molar-refractivity contribution in [3.8, 4) is 0 Å². The van der Waals surface area contributed by atoms with Gasteiger partial charge in [0.15, 0.2) is 0 Å². The molecule has 1 aliphatic heterocycles. The Kier molecular flexibility index (Phi) is 6.17. The summed E-state index contributed by atoms with van der Waals surface area (Å²) in [4.78, 5) is 7.33. The number of hydrogen-bond donors (Lipinski definition) is 1. The molecular formula is C11H26N4. The van der Waals surface area contributed by atoms with Gasteiger partial charge in [0.05, 0.1) is 0 Å². The Balaban J connectivity index is 2.07. The van der Waals surface area contributed by atoms with E-state index < -0.39 is 0 Å². The monoisotopic (exact) mass is 214 g/mol. The van der Waals surface area contributed by atoms with Crippen LogP contribution in [0, 0.1) is 0 Å². The lowest BCUT2D eigenvalue weighted by Gasteiger charge is -2.35. The lowest BCUT2D eigenvalue weighted by atomic mass is 10.3. The Labute approximate surface area is 94.0 Å². The van der Waals surface area contributed by atoms with E-state index in [-0.39, 0.29) is 0 Å². The number of nitrogens with zero attached hydrogens (tertiary/aromatic N) is 3. The van der Waals surface area contributed by atoms with Crippen LogP contribution >= 0.6 is 0 Å². The van der Waals surface area contributed by atoms with Crippen LogP contribution < -0.4 is 5.73 Å². The molecule has 4 heteroatoms. The summed E-state index contributed by atoms with van der Waals surface area (Å²) >= 11 is 0. The summed E-state index contributed by atoms with van der Waals surface area (Å²) in [5, 5.41) is 0. The summed E-state index contributed by atoms with van der Waals surface area (Å²) in [7, 11) is 4.27. The van der Waals surface area contributed by atoms with E-state index in [1.54, 1.807) is 0 Å². The summed E-state index contributed by atoms with van der Waals surface area (Å²) < 4.78 is 0. The van der Waals surface area contributed by atoms with Crippen molar-refractivity contribution in [2.45, 2.75) is 6.42 Å². The van der Waals surface area contributed by atoms with Gasteiger partial charge in [0.2, 0.25) is 0 Å². The van der Waals surface area contributed by atoms with Gasteiger partial charge in [-0.3, -0.25) is 4.90 Å². The van der Waals surface area contributed by atoms with E-state index >= 15 is 0 Å². The second kappa shape index (κ2) is 7.17. The molecule has 90 valence electrons. The zero-order valence-electron chi connectivity index (χ0n) is 10.3. The predicted octanol–water partition coefficient (Wildman–Crippen LogP) is -0.486. The summed E-state index contributed by atoms with van der Waals surface area (Å²) in [6.07, 6.45) is 1.14. The highest BCUT2D eigenvalue weighted by atomic mass is 15.3. The zero-order chi connectivity index (χ0) is 11.1. The van der Waals surface area contributed by atoms with Gasteiger partial charge in [-0.15, -0.1) is 0 Å².